The van der Waals surface area contributed by atoms with Gasteiger partial charge in [-0.2, -0.15) is 0 Å². The average Bonchev–Trinajstić information content (AvgIpc) is 0.677. The Bertz CT molecular complexity index is 3290. The van der Waals surface area contributed by atoms with Crippen LogP contribution in [-0.4, -0.2) is 397 Å². The van der Waals surface area contributed by atoms with Crippen LogP contribution in [0.15, 0.2) is 11.6 Å². The van der Waals surface area contributed by atoms with E-state index in [2.05, 4.69) is 40.7 Å². The summed E-state index contributed by atoms with van der Waals surface area (Å²) >= 11 is 0. The predicted octanol–water partition coefficient (Wildman–Crippen LogP) is -7.79. The fraction of sp³-hybridized carbons (Fsp3) is 0.960. The number of aliphatic hydroxyl groups is 22. The SMILES string of the molecule is CC1OC(OC2C(CO)OC(OC3C(C)OC(OC4C(OC(=O)C56CCC(C)(C)CC5C5=CCC7C8(C)CC(O)C(OC9OC(CO)C(O)C(OC%10OC(CO)C(O)C(O)C%10O)C9O)C(C)(CO)C8CCC7(C)C5(C)CC6)OC(C)C(O)C4OC4OCC(O)(CO)C4O)C(O)C3OC3OC(CO)C(O)C3O)C2O)C(O)C(O)C1O. The molecule has 8 heterocycles. The summed E-state index contributed by atoms with van der Waals surface area (Å²) in [5, 5.41) is 244. The smallest absolute Gasteiger partial charge is 0.315 e. The Morgan fingerprint density at radius 1 is 0.430 bits per heavy atom. The molecule has 8 saturated heterocycles. The maximum absolute atomic E-state index is 16.3. The minimum Gasteiger partial charge on any atom is -0.432 e. The lowest BCUT2D eigenvalue weighted by Gasteiger charge is -2.72. The van der Waals surface area contributed by atoms with Gasteiger partial charge >= 0.3 is 5.97 Å². The Hall–Kier alpha value is -2.27. The highest BCUT2D eigenvalue weighted by atomic mass is 16.8. The minimum absolute atomic E-state index is 0.115. The molecule has 0 aromatic carbocycles. The Balaban J connectivity index is 0.779. The first kappa shape index (κ1) is 89.5. The molecule has 13 aliphatic rings. The van der Waals surface area contributed by atoms with Gasteiger partial charge in [0.05, 0.1) is 82.2 Å². The number of carbonyl (C=O) groups excluding carboxylic acids is 1. The lowest BCUT2D eigenvalue weighted by Crippen LogP contribution is -2.70. The van der Waals surface area contributed by atoms with Crippen LogP contribution < -0.4 is 0 Å². The van der Waals surface area contributed by atoms with Gasteiger partial charge < -0.3 is 188 Å². The van der Waals surface area contributed by atoms with Gasteiger partial charge in [0.15, 0.2) is 50.1 Å². The maximum atomic E-state index is 16.3. The van der Waals surface area contributed by atoms with E-state index >= 15 is 4.79 Å². The zero-order valence-electron chi connectivity index (χ0n) is 65.3. The van der Waals surface area contributed by atoms with Crippen molar-refractivity contribution in [2.45, 2.75) is 353 Å². The highest BCUT2D eigenvalue weighted by Gasteiger charge is 2.73. The summed E-state index contributed by atoms with van der Waals surface area (Å²) in [6.45, 7) is 11.3. The van der Waals surface area contributed by atoms with E-state index in [0.29, 0.717) is 44.9 Å². The average molecular weight is 1650 g/mol. The number of esters is 1. The fourth-order valence-corrected chi connectivity index (χ4v) is 21.8. The molecule has 0 amide bonds. The summed E-state index contributed by atoms with van der Waals surface area (Å²) in [5.41, 5.74) is -6.18. The summed E-state index contributed by atoms with van der Waals surface area (Å²) in [4.78, 5) is 16.3. The van der Waals surface area contributed by atoms with Crippen molar-refractivity contribution in [3.05, 3.63) is 11.6 Å². The molecule has 114 heavy (non-hydrogen) atoms. The molecular formula is C75H122O39. The lowest BCUT2D eigenvalue weighted by molar-refractivity contribution is -0.386. The molecule has 0 spiro atoms. The number of allylic oxidation sites excluding steroid dienone is 2. The van der Waals surface area contributed by atoms with Gasteiger partial charge in [0, 0.05) is 5.41 Å². The minimum atomic E-state index is -2.28. The molecule has 8 aliphatic heterocycles. The van der Waals surface area contributed by atoms with Crippen molar-refractivity contribution < 1.29 is 193 Å². The van der Waals surface area contributed by atoms with E-state index < -0.39 is 318 Å². The van der Waals surface area contributed by atoms with E-state index in [9.17, 15) is 112 Å². The molecule has 0 bridgehead atoms. The number of fused-ring (bicyclic) bond motifs is 7. The van der Waals surface area contributed by atoms with Crippen LogP contribution in [0.3, 0.4) is 0 Å². The van der Waals surface area contributed by atoms with Crippen LogP contribution in [0.5, 0.6) is 0 Å². The number of ether oxygens (including phenoxy) is 16. The number of hydrogen-bond acceptors (Lipinski definition) is 39. The maximum Gasteiger partial charge on any atom is 0.315 e. The van der Waals surface area contributed by atoms with Gasteiger partial charge in [-0.25, -0.2) is 0 Å². The molecule has 656 valence electrons. The third-order valence-corrected chi connectivity index (χ3v) is 28.9. The zero-order valence-corrected chi connectivity index (χ0v) is 65.3. The fourth-order valence-electron chi connectivity index (χ4n) is 21.8. The van der Waals surface area contributed by atoms with E-state index in [0.717, 1.165) is 5.57 Å². The molecule has 5 aliphatic carbocycles. The summed E-state index contributed by atoms with van der Waals surface area (Å²) in [5.74, 6) is -1.83. The van der Waals surface area contributed by atoms with E-state index in [-0.39, 0.29) is 30.1 Å². The Morgan fingerprint density at radius 3 is 1.51 bits per heavy atom. The van der Waals surface area contributed by atoms with Crippen LogP contribution in [0, 0.1) is 50.2 Å². The van der Waals surface area contributed by atoms with Crippen molar-refractivity contribution in [1.29, 1.82) is 0 Å². The summed E-state index contributed by atoms with van der Waals surface area (Å²) in [6, 6.07) is 0. The second kappa shape index (κ2) is 33.8. The van der Waals surface area contributed by atoms with Crippen molar-refractivity contribution in [3.63, 3.8) is 0 Å². The molecule has 4 saturated carbocycles. The van der Waals surface area contributed by atoms with Crippen LogP contribution in [0.4, 0.5) is 0 Å². The second-order valence-corrected chi connectivity index (χ2v) is 36.2. The largest absolute Gasteiger partial charge is 0.432 e. The van der Waals surface area contributed by atoms with E-state index in [1.54, 1.807) is 6.92 Å². The molecule has 0 radical (unpaired) electrons. The molecule has 39 nitrogen and oxygen atoms in total. The summed E-state index contributed by atoms with van der Waals surface area (Å²) in [6.07, 6.45) is -57.7. The first-order chi connectivity index (χ1) is 53.6. The quantitative estimate of drug-likeness (QED) is 0.0272. The predicted molar refractivity (Wildman–Crippen MR) is 374 cm³/mol. The Kier molecular flexibility index (Phi) is 26.5. The molecule has 46 unspecified atom stereocenters. The van der Waals surface area contributed by atoms with Gasteiger partial charge in [0.1, 0.15) is 146 Å². The normalized spacial score (nSPS) is 55.5. The van der Waals surface area contributed by atoms with Gasteiger partial charge in [0.2, 0.25) is 6.29 Å². The van der Waals surface area contributed by atoms with E-state index in [1.165, 1.54) is 20.8 Å². The van der Waals surface area contributed by atoms with E-state index in [1.807, 2.05) is 0 Å². The van der Waals surface area contributed by atoms with Crippen molar-refractivity contribution in [2.75, 3.05) is 46.2 Å². The van der Waals surface area contributed by atoms with Crippen molar-refractivity contribution in [2.24, 2.45) is 50.2 Å². The number of hydrogen-bond donors (Lipinski definition) is 22. The Morgan fingerprint density at radius 2 is 0.895 bits per heavy atom. The third-order valence-electron chi connectivity index (χ3n) is 28.9. The topological polar surface area (TPSA) is 610 Å². The first-order valence-electron chi connectivity index (χ1n) is 39.9. The summed E-state index contributed by atoms with van der Waals surface area (Å²) in [7, 11) is 0. The van der Waals surface area contributed by atoms with Crippen molar-refractivity contribution in [3.8, 4) is 0 Å². The van der Waals surface area contributed by atoms with Crippen LogP contribution in [0.25, 0.3) is 0 Å². The Labute approximate surface area is 657 Å². The zero-order chi connectivity index (χ0) is 83.1. The van der Waals surface area contributed by atoms with Crippen LogP contribution in [0.2, 0.25) is 0 Å². The van der Waals surface area contributed by atoms with Gasteiger partial charge in [-0.15, -0.1) is 0 Å². The molecule has 12 fully saturated rings. The van der Waals surface area contributed by atoms with Gasteiger partial charge in [-0.3, -0.25) is 4.79 Å². The third kappa shape index (κ3) is 15.2. The van der Waals surface area contributed by atoms with Crippen LogP contribution >= 0.6 is 0 Å². The number of carbonyl (C=O) groups is 1. The number of rotatable bonds is 22. The first-order valence-corrected chi connectivity index (χ1v) is 39.9. The van der Waals surface area contributed by atoms with Crippen molar-refractivity contribution in [1.82, 2.24) is 0 Å². The van der Waals surface area contributed by atoms with E-state index in [4.69, 9.17) is 75.8 Å². The standard InChI is InChI=1S/C75H122O39/c1-27-39(83)44(88)47(91)60(100-27)108-53-36(23-79)106-64(49(53)93)107-52-29(3)102-63(51(95)56(52)110-61-46(90)42(86)34(21-77)104-61)112-57-55(111-67-58(96)75(98,25-81)26-99-67)40(84)28(2)101-66(57)114-68(97)74-16-14-69(4,5)18-31(74)30-10-11-38-70(6)19-32(82)59(71(7,24-80)37(70)12-13-73(38,9)72(30,8)15-17-74)113-65-50(94)54(43(87)35(22-78)105-65)109-62-48(92)45(89)41(85)33(20-76)103-62/h10,27-29,31-67,76-96,98H,11-26H2,1-9H3. The monoisotopic (exact) mass is 1650 g/mol. The molecule has 13 rings (SSSR count). The molecule has 22 N–H and O–H groups in total. The van der Waals surface area contributed by atoms with Gasteiger partial charge in [-0.1, -0.05) is 53.2 Å². The second-order valence-electron chi connectivity index (χ2n) is 36.2. The summed E-state index contributed by atoms with van der Waals surface area (Å²) < 4.78 is 98.1. The highest BCUT2D eigenvalue weighted by molar-refractivity contribution is 5.79. The molecular weight excluding hydrogens is 1520 g/mol. The van der Waals surface area contributed by atoms with Crippen LogP contribution in [0.1, 0.15) is 120 Å². The van der Waals surface area contributed by atoms with Crippen LogP contribution in [-0.2, 0) is 80.6 Å². The molecule has 0 aromatic rings. The highest BCUT2D eigenvalue weighted by Crippen LogP contribution is 2.76. The molecule has 0 aromatic heterocycles. The molecule has 39 heteroatoms. The number of aliphatic hydroxyl groups excluding tert-OH is 21. The van der Waals surface area contributed by atoms with Crippen molar-refractivity contribution >= 4 is 5.97 Å². The molecule has 46 atom stereocenters. The van der Waals surface area contributed by atoms with Gasteiger partial charge in [-0.05, 0) is 118 Å². The van der Waals surface area contributed by atoms with Gasteiger partial charge in [0.25, 0.3) is 0 Å². The lowest BCUT2D eigenvalue weighted by atomic mass is 9.33.